The van der Waals surface area contributed by atoms with Crippen LogP contribution in [0.5, 0.6) is 0 Å². The van der Waals surface area contributed by atoms with E-state index in [1.807, 2.05) is 58.9 Å². The van der Waals surface area contributed by atoms with Crippen LogP contribution in [0.1, 0.15) is 62.3 Å². The third-order valence-electron chi connectivity index (χ3n) is 5.83. The van der Waals surface area contributed by atoms with Crippen molar-refractivity contribution in [1.29, 1.82) is 0 Å². The summed E-state index contributed by atoms with van der Waals surface area (Å²) in [5, 5.41) is 3.23. The van der Waals surface area contributed by atoms with E-state index in [0.29, 0.717) is 18.7 Å². The molecule has 0 aliphatic rings. The van der Waals surface area contributed by atoms with Crippen LogP contribution in [0.4, 0.5) is 16.2 Å². The average Bonchev–Trinajstić information content (AvgIpc) is 2.89. The van der Waals surface area contributed by atoms with Gasteiger partial charge >= 0.3 is 12.1 Å². The molecule has 0 heterocycles. The molecule has 0 fully saturated rings. The van der Waals surface area contributed by atoms with Gasteiger partial charge in [-0.25, -0.2) is 4.79 Å². The number of ether oxygens (including phenoxy) is 2. The molecule has 0 saturated heterocycles. The predicted octanol–water partition coefficient (Wildman–Crippen LogP) is 4.71. The highest BCUT2D eigenvalue weighted by atomic mass is 16.5. The van der Waals surface area contributed by atoms with E-state index in [1.54, 1.807) is 17.0 Å². The largest absolute Gasteiger partial charge is 0.469 e. The molecule has 0 bridgehead atoms. The van der Waals surface area contributed by atoms with Gasteiger partial charge in [-0.15, -0.1) is 0 Å². The highest BCUT2D eigenvalue weighted by molar-refractivity contribution is 6.04. The van der Waals surface area contributed by atoms with Crippen LogP contribution in [0.15, 0.2) is 41.4 Å². The predicted molar refractivity (Wildman–Crippen MR) is 154 cm³/mol. The number of nitrogens with one attached hydrogen (secondary N) is 1. The monoisotopic (exact) mass is 534 g/mol. The first-order valence-corrected chi connectivity index (χ1v) is 12.9. The number of carbonyl (C=O) groups is 3. The Kier molecular flexibility index (Phi) is 12.0. The first-order valence-electron chi connectivity index (χ1n) is 12.9. The normalized spacial score (nSPS) is 10.9. The first-order chi connectivity index (χ1) is 18.6. The number of amides is 2. The van der Waals surface area contributed by atoms with Gasteiger partial charge in [0.2, 0.25) is 5.91 Å². The molecule has 0 radical (unpaired) electrons. The summed E-state index contributed by atoms with van der Waals surface area (Å²) in [6.45, 7) is 10.4. The van der Waals surface area contributed by atoms with Crippen molar-refractivity contribution in [3.05, 3.63) is 58.7 Å². The molecule has 0 aliphatic heterocycles. The van der Waals surface area contributed by atoms with Gasteiger partial charge in [0.15, 0.2) is 0 Å². The molecular formula is C30H38N4O5. The zero-order chi connectivity index (χ0) is 28.9. The Bertz CT molecular complexity index is 1260. The highest BCUT2D eigenvalue weighted by Gasteiger charge is 2.24. The molecule has 2 aromatic carbocycles. The van der Waals surface area contributed by atoms with Gasteiger partial charge in [-0.05, 0) is 81.6 Å². The number of nitrogens with zero attached hydrogens (tertiary/aromatic N) is 2. The molecular weight excluding hydrogens is 496 g/mol. The minimum absolute atomic E-state index is 0.0974. The molecule has 39 heavy (non-hydrogen) atoms. The molecule has 2 aromatic rings. The lowest BCUT2D eigenvalue weighted by molar-refractivity contribution is -0.143. The maximum absolute atomic E-state index is 12.8. The molecule has 2 rings (SSSR count). The molecule has 0 saturated carbocycles. The van der Waals surface area contributed by atoms with Gasteiger partial charge in [0.1, 0.15) is 12.3 Å². The van der Waals surface area contributed by atoms with Crippen LogP contribution < -0.4 is 16.0 Å². The van der Waals surface area contributed by atoms with E-state index < -0.39 is 12.1 Å². The van der Waals surface area contributed by atoms with E-state index in [9.17, 15) is 14.4 Å². The summed E-state index contributed by atoms with van der Waals surface area (Å²) >= 11 is 0. The van der Waals surface area contributed by atoms with Crippen LogP contribution in [-0.2, 0) is 19.1 Å². The number of nitrogens with two attached hydrogens (primary N) is 1. The van der Waals surface area contributed by atoms with Crippen LogP contribution in [0.3, 0.4) is 0 Å². The minimum Gasteiger partial charge on any atom is -0.469 e. The molecule has 0 aliphatic carbocycles. The smallest absolute Gasteiger partial charge is 0.435 e. The van der Waals surface area contributed by atoms with Crippen molar-refractivity contribution in [3.8, 4) is 11.8 Å². The Morgan fingerprint density at radius 2 is 1.79 bits per heavy atom. The fraction of sp³-hybridized carbons (Fsp3) is 0.400. The molecule has 2 amide bonds. The van der Waals surface area contributed by atoms with E-state index in [1.165, 1.54) is 7.11 Å². The molecule has 0 unspecified atom stereocenters. The zero-order valence-corrected chi connectivity index (χ0v) is 23.6. The summed E-state index contributed by atoms with van der Waals surface area (Å²) < 4.78 is 9.66. The number of rotatable bonds is 10. The summed E-state index contributed by atoms with van der Waals surface area (Å²) in [5.41, 5.74) is 10.8. The van der Waals surface area contributed by atoms with Crippen LogP contribution in [-0.4, -0.2) is 50.1 Å². The molecule has 9 heteroatoms. The number of aryl methyl sites for hydroxylation is 2. The van der Waals surface area contributed by atoms with Gasteiger partial charge in [-0.1, -0.05) is 25.2 Å². The average molecular weight is 535 g/mol. The van der Waals surface area contributed by atoms with E-state index in [0.717, 1.165) is 40.9 Å². The Morgan fingerprint density at radius 3 is 2.41 bits per heavy atom. The molecule has 0 spiro atoms. The van der Waals surface area contributed by atoms with Crippen molar-refractivity contribution in [2.75, 3.05) is 30.5 Å². The summed E-state index contributed by atoms with van der Waals surface area (Å²) in [4.78, 5) is 41.5. The van der Waals surface area contributed by atoms with E-state index in [2.05, 4.69) is 26.9 Å². The van der Waals surface area contributed by atoms with Crippen LogP contribution in [0.25, 0.3) is 0 Å². The van der Waals surface area contributed by atoms with Crippen molar-refractivity contribution < 1.29 is 23.9 Å². The first kappa shape index (κ1) is 30.9. The molecule has 9 nitrogen and oxygen atoms in total. The number of aliphatic imine (C=N–C) groups is 1. The standard InChI is InChI=1S/C30H38N4O5/c1-7-8-16-39-30(37)33-29(31)23-11-13-25(14-12-23)32-15-9-10-24-17-22(5)26(18-21(24)4)34(20(2)3)27(35)19-28(36)38-6/h11-14,17-18,20,32H,7-8,15-16,19H2,1-6H3,(H2,31,33,37). The SMILES string of the molecule is CCCCOC(=O)N=C(N)c1ccc(NCC#Cc2cc(C)c(N(C(=O)CC(=O)OC)C(C)C)cc2C)cc1. The number of hydrogen-bond donors (Lipinski definition) is 2. The lowest BCUT2D eigenvalue weighted by Crippen LogP contribution is -2.38. The number of carbonyl (C=O) groups excluding carboxylic acids is 3. The summed E-state index contributed by atoms with van der Waals surface area (Å²) in [7, 11) is 1.27. The second kappa shape index (κ2) is 15.2. The molecule has 0 aromatic heterocycles. The number of benzene rings is 2. The maximum atomic E-state index is 12.8. The van der Waals surface area contributed by atoms with Crippen molar-refractivity contribution in [2.24, 2.45) is 10.7 Å². The van der Waals surface area contributed by atoms with Crippen molar-refractivity contribution >= 4 is 35.2 Å². The number of anilines is 2. The van der Waals surface area contributed by atoms with E-state index >= 15 is 0 Å². The maximum Gasteiger partial charge on any atom is 0.435 e. The van der Waals surface area contributed by atoms with Gasteiger partial charge in [0.05, 0.1) is 20.3 Å². The van der Waals surface area contributed by atoms with Crippen LogP contribution in [0, 0.1) is 25.7 Å². The van der Waals surface area contributed by atoms with Gasteiger partial charge in [0.25, 0.3) is 0 Å². The second-order valence-corrected chi connectivity index (χ2v) is 9.26. The van der Waals surface area contributed by atoms with E-state index in [4.69, 9.17) is 10.5 Å². The summed E-state index contributed by atoms with van der Waals surface area (Å²) in [6, 6.07) is 10.9. The van der Waals surface area contributed by atoms with Gasteiger partial charge in [-0.3, -0.25) is 9.59 Å². The Hall–Kier alpha value is -4.32. The van der Waals surface area contributed by atoms with Crippen molar-refractivity contribution in [3.63, 3.8) is 0 Å². The third kappa shape index (κ3) is 9.49. The Balaban J connectivity index is 2.05. The zero-order valence-electron chi connectivity index (χ0n) is 23.6. The van der Waals surface area contributed by atoms with Crippen molar-refractivity contribution in [2.45, 2.75) is 59.9 Å². The van der Waals surface area contributed by atoms with Gasteiger partial charge < -0.3 is 25.4 Å². The number of amidine groups is 1. The lowest BCUT2D eigenvalue weighted by Gasteiger charge is -2.28. The quantitative estimate of drug-likeness (QED) is 0.113. The summed E-state index contributed by atoms with van der Waals surface area (Å²) in [6.07, 6.45) is 0.703. The van der Waals surface area contributed by atoms with Crippen LogP contribution >= 0.6 is 0 Å². The molecule has 0 atom stereocenters. The fourth-order valence-electron chi connectivity index (χ4n) is 3.72. The van der Waals surface area contributed by atoms with E-state index in [-0.39, 0.29) is 24.2 Å². The fourth-order valence-corrected chi connectivity index (χ4v) is 3.72. The molecule has 208 valence electrons. The number of hydrogen-bond acceptors (Lipinski definition) is 6. The topological polar surface area (TPSA) is 123 Å². The second-order valence-electron chi connectivity index (χ2n) is 9.26. The lowest BCUT2D eigenvalue weighted by atomic mass is 10.0. The molecule has 3 N–H and O–H groups in total. The third-order valence-corrected chi connectivity index (χ3v) is 5.83. The summed E-state index contributed by atoms with van der Waals surface area (Å²) in [5.74, 6) is 5.52. The Labute approximate surface area is 230 Å². The van der Waals surface area contributed by atoms with Crippen LogP contribution in [0.2, 0.25) is 0 Å². The highest BCUT2D eigenvalue weighted by Crippen LogP contribution is 2.27. The van der Waals surface area contributed by atoms with Crippen molar-refractivity contribution in [1.82, 2.24) is 0 Å². The van der Waals surface area contributed by atoms with Gasteiger partial charge in [-0.2, -0.15) is 4.99 Å². The minimum atomic E-state index is -0.693. The van der Waals surface area contributed by atoms with Gasteiger partial charge in [0, 0.05) is 28.5 Å². The number of methoxy groups -OCH3 is 1. The number of esters is 1. The number of unbranched alkanes of at least 4 members (excludes halogenated alkanes) is 1. The Morgan fingerprint density at radius 1 is 1.10 bits per heavy atom.